The zero-order chi connectivity index (χ0) is 15.7. The topological polar surface area (TPSA) is 63.7 Å². The molecule has 2 aromatic carbocycles. The van der Waals surface area contributed by atoms with Crippen LogP contribution in [0.1, 0.15) is 16.8 Å². The van der Waals surface area contributed by atoms with Crippen LogP contribution in [0.15, 0.2) is 53.4 Å². The van der Waals surface area contributed by atoms with E-state index in [2.05, 4.69) is 0 Å². The number of benzene rings is 2. The minimum absolute atomic E-state index is 0.0755. The van der Waals surface area contributed by atoms with Crippen molar-refractivity contribution >= 4 is 21.5 Å². The molecule has 0 amide bonds. The van der Waals surface area contributed by atoms with Crippen molar-refractivity contribution in [2.24, 2.45) is 0 Å². The van der Waals surface area contributed by atoms with Gasteiger partial charge in [-0.25, -0.2) is 8.42 Å². The second-order valence-electron chi connectivity index (χ2n) is 4.92. The van der Waals surface area contributed by atoms with Crippen LogP contribution in [-0.2, 0) is 10.0 Å². The number of carbonyl (C=O) groups is 1. The van der Waals surface area contributed by atoms with E-state index in [4.69, 9.17) is 4.74 Å². The van der Waals surface area contributed by atoms with Gasteiger partial charge in [0.25, 0.3) is 10.0 Å². The van der Waals surface area contributed by atoms with Crippen molar-refractivity contribution < 1.29 is 17.9 Å². The largest absolute Gasteiger partial charge is 0.495 e. The summed E-state index contributed by atoms with van der Waals surface area (Å²) >= 11 is 0. The Morgan fingerprint density at radius 2 is 1.77 bits per heavy atom. The van der Waals surface area contributed by atoms with Gasteiger partial charge in [-0.2, -0.15) is 0 Å². The Labute approximate surface area is 129 Å². The van der Waals surface area contributed by atoms with Crippen molar-refractivity contribution in [2.75, 3.05) is 18.0 Å². The van der Waals surface area contributed by atoms with Crippen molar-refractivity contribution in [3.05, 3.63) is 54.1 Å². The van der Waals surface area contributed by atoms with Crippen molar-refractivity contribution in [3.8, 4) is 5.75 Å². The second kappa shape index (κ2) is 5.46. The monoisotopic (exact) mass is 317 g/mol. The molecule has 1 aliphatic rings. The maximum Gasteiger partial charge on any atom is 0.264 e. The minimum Gasteiger partial charge on any atom is -0.495 e. The molecular formula is C16H15NO4S. The zero-order valence-electron chi connectivity index (χ0n) is 12.0. The predicted octanol–water partition coefficient (Wildman–Crippen LogP) is 2.48. The summed E-state index contributed by atoms with van der Waals surface area (Å²) in [6, 6.07) is 13.2. The molecule has 0 aliphatic carbocycles. The molecule has 0 fully saturated rings. The predicted molar refractivity (Wildman–Crippen MR) is 82.9 cm³/mol. The maximum absolute atomic E-state index is 12.9. The number of anilines is 1. The Balaban J connectivity index is 2.19. The average Bonchev–Trinajstić information content (AvgIpc) is 2.55. The molecule has 1 heterocycles. The van der Waals surface area contributed by atoms with Gasteiger partial charge < -0.3 is 4.74 Å². The molecule has 0 spiro atoms. The standard InChI is InChI=1S/C16H15NO4S/c1-21-15-9-5-8-13-14(18)10-11-17(16(13)15)22(19,20)12-6-3-2-4-7-12/h2-9H,10-11H2,1H3. The number of fused-ring (bicyclic) bond motifs is 1. The first-order chi connectivity index (χ1) is 10.6. The molecule has 5 nitrogen and oxygen atoms in total. The number of rotatable bonds is 3. The number of methoxy groups -OCH3 is 1. The molecule has 0 saturated carbocycles. The Bertz CT molecular complexity index is 815. The first-order valence-corrected chi connectivity index (χ1v) is 8.27. The normalized spacial score (nSPS) is 14.6. The first-order valence-electron chi connectivity index (χ1n) is 6.83. The third-order valence-electron chi connectivity index (χ3n) is 3.64. The highest BCUT2D eigenvalue weighted by atomic mass is 32.2. The van der Waals surface area contributed by atoms with Crippen LogP contribution in [0.4, 0.5) is 5.69 Å². The molecule has 0 bridgehead atoms. The lowest BCUT2D eigenvalue weighted by Gasteiger charge is -2.31. The SMILES string of the molecule is COc1cccc2c1N(S(=O)(=O)c1ccccc1)CCC2=O. The van der Waals surface area contributed by atoms with E-state index in [0.29, 0.717) is 17.0 Å². The molecule has 2 aromatic rings. The highest BCUT2D eigenvalue weighted by Gasteiger charge is 2.34. The molecule has 22 heavy (non-hydrogen) atoms. The summed E-state index contributed by atoms with van der Waals surface area (Å²) in [7, 11) is -2.27. The summed E-state index contributed by atoms with van der Waals surface area (Å²) in [5, 5.41) is 0. The summed E-state index contributed by atoms with van der Waals surface area (Å²) in [5.41, 5.74) is 0.704. The second-order valence-corrected chi connectivity index (χ2v) is 6.78. The smallest absolute Gasteiger partial charge is 0.264 e. The van der Waals surface area contributed by atoms with E-state index in [1.54, 1.807) is 48.5 Å². The van der Waals surface area contributed by atoms with Crippen molar-refractivity contribution in [3.63, 3.8) is 0 Å². The van der Waals surface area contributed by atoms with Gasteiger partial charge in [0.05, 0.1) is 12.0 Å². The molecular weight excluding hydrogens is 302 g/mol. The summed E-state index contributed by atoms with van der Waals surface area (Å²) in [6.07, 6.45) is 0.159. The number of ketones is 1. The molecule has 0 N–H and O–H groups in total. The number of ether oxygens (including phenoxy) is 1. The molecule has 0 unspecified atom stereocenters. The molecule has 3 rings (SSSR count). The highest BCUT2D eigenvalue weighted by Crippen LogP contribution is 2.39. The fourth-order valence-corrected chi connectivity index (χ4v) is 4.09. The quantitative estimate of drug-likeness (QED) is 0.872. The van der Waals surface area contributed by atoms with Crippen LogP contribution in [0.2, 0.25) is 0 Å². The van der Waals surface area contributed by atoms with Gasteiger partial charge in [0.1, 0.15) is 11.4 Å². The third-order valence-corrected chi connectivity index (χ3v) is 5.46. The van der Waals surface area contributed by atoms with Gasteiger partial charge in [-0.1, -0.05) is 24.3 Å². The van der Waals surface area contributed by atoms with E-state index in [1.165, 1.54) is 11.4 Å². The lowest BCUT2D eigenvalue weighted by molar-refractivity contribution is 0.0981. The number of Topliss-reactive ketones (excluding diaryl/α,β-unsaturated/α-hetero) is 1. The third kappa shape index (κ3) is 2.25. The number of nitrogens with zero attached hydrogens (tertiary/aromatic N) is 1. The van der Waals surface area contributed by atoms with Gasteiger partial charge >= 0.3 is 0 Å². The molecule has 0 radical (unpaired) electrons. The highest BCUT2D eigenvalue weighted by molar-refractivity contribution is 7.92. The van der Waals surface area contributed by atoms with Crippen LogP contribution in [0.25, 0.3) is 0 Å². The number of hydrogen-bond acceptors (Lipinski definition) is 4. The van der Waals surface area contributed by atoms with Gasteiger partial charge in [-0.3, -0.25) is 9.10 Å². The number of sulfonamides is 1. The Hall–Kier alpha value is -2.34. The Morgan fingerprint density at radius 3 is 2.45 bits per heavy atom. The van der Waals surface area contributed by atoms with Gasteiger partial charge in [0, 0.05) is 18.5 Å². The molecule has 6 heteroatoms. The van der Waals surface area contributed by atoms with Crippen molar-refractivity contribution in [2.45, 2.75) is 11.3 Å². The molecule has 114 valence electrons. The van der Waals surface area contributed by atoms with Crippen molar-refractivity contribution in [1.29, 1.82) is 0 Å². The number of para-hydroxylation sites is 1. The summed E-state index contributed by atoms with van der Waals surface area (Å²) in [6.45, 7) is 0.115. The lowest BCUT2D eigenvalue weighted by Crippen LogP contribution is -2.37. The molecule has 0 aromatic heterocycles. The number of carbonyl (C=O) groups excluding carboxylic acids is 1. The van der Waals surface area contributed by atoms with Crippen LogP contribution in [0, 0.1) is 0 Å². The first kappa shape index (κ1) is 14.6. The van der Waals surface area contributed by atoms with E-state index < -0.39 is 10.0 Å². The maximum atomic E-state index is 12.9. The fourth-order valence-electron chi connectivity index (χ4n) is 2.58. The Kier molecular flexibility index (Phi) is 3.62. The number of hydrogen-bond donors (Lipinski definition) is 0. The van der Waals surface area contributed by atoms with Gasteiger partial charge in [0.15, 0.2) is 5.78 Å². The van der Waals surface area contributed by atoms with E-state index >= 15 is 0 Å². The van der Waals surface area contributed by atoms with Crippen LogP contribution >= 0.6 is 0 Å². The van der Waals surface area contributed by atoms with E-state index in [0.717, 1.165) is 0 Å². The summed E-state index contributed by atoms with van der Waals surface area (Å²) in [4.78, 5) is 12.3. The van der Waals surface area contributed by atoms with Crippen LogP contribution in [0.5, 0.6) is 5.75 Å². The summed E-state index contributed by atoms with van der Waals surface area (Å²) in [5.74, 6) is 0.304. The average molecular weight is 317 g/mol. The molecule has 0 saturated heterocycles. The lowest BCUT2D eigenvalue weighted by atomic mass is 10.0. The van der Waals surface area contributed by atoms with Gasteiger partial charge in [0.2, 0.25) is 0 Å². The van der Waals surface area contributed by atoms with Crippen LogP contribution in [0.3, 0.4) is 0 Å². The van der Waals surface area contributed by atoms with Crippen LogP contribution in [-0.4, -0.2) is 27.9 Å². The molecule has 1 aliphatic heterocycles. The zero-order valence-corrected chi connectivity index (χ0v) is 12.8. The van der Waals surface area contributed by atoms with E-state index in [-0.39, 0.29) is 23.6 Å². The fraction of sp³-hybridized carbons (Fsp3) is 0.188. The van der Waals surface area contributed by atoms with E-state index in [1.807, 2.05) is 0 Å². The Morgan fingerprint density at radius 1 is 1.05 bits per heavy atom. The van der Waals surface area contributed by atoms with Gasteiger partial charge in [-0.05, 0) is 24.3 Å². The van der Waals surface area contributed by atoms with Gasteiger partial charge in [-0.15, -0.1) is 0 Å². The minimum atomic E-state index is -3.73. The van der Waals surface area contributed by atoms with E-state index in [9.17, 15) is 13.2 Å². The summed E-state index contributed by atoms with van der Waals surface area (Å²) < 4.78 is 32.3. The van der Waals surface area contributed by atoms with Crippen molar-refractivity contribution in [1.82, 2.24) is 0 Å². The van der Waals surface area contributed by atoms with Crippen LogP contribution < -0.4 is 9.04 Å². The molecule has 0 atom stereocenters.